The Bertz CT molecular complexity index is 765. The minimum Gasteiger partial charge on any atom is -0.506 e. The Labute approximate surface area is 118 Å². The Balaban J connectivity index is 2.38. The van der Waals surface area contributed by atoms with E-state index in [4.69, 9.17) is 11.6 Å². The minimum absolute atomic E-state index is 0.0384. The largest absolute Gasteiger partial charge is 0.506 e. The van der Waals surface area contributed by atoms with Crippen LogP contribution in [0.1, 0.15) is 0 Å². The van der Waals surface area contributed by atoms with Crippen molar-refractivity contribution in [3.05, 3.63) is 53.1 Å². The maximum atomic E-state index is 13.5. The first-order valence-corrected chi connectivity index (χ1v) is 7.12. The van der Waals surface area contributed by atoms with Gasteiger partial charge in [0, 0.05) is 6.07 Å². The van der Waals surface area contributed by atoms with E-state index in [1.807, 2.05) is 0 Å². The lowest BCUT2D eigenvalue weighted by atomic mass is 10.3. The fourth-order valence-electron chi connectivity index (χ4n) is 1.47. The fraction of sp³-hybridized carbons (Fsp3) is 0. The summed E-state index contributed by atoms with van der Waals surface area (Å²) in [5.41, 5.74) is 0.0384. The molecule has 0 saturated carbocycles. The normalized spacial score (nSPS) is 11.3. The van der Waals surface area contributed by atoms with Crippen LogP contribution in [0.4, 0.5) is 14.5 Å². The second-order valence-corrected chi connectivity index (χ2v) is 5.90. The minimum atomic E-state index is -4.22. The van der Waals surface area contributed by atoms with Gasteiger partial charge < -0.3 is 5.11 Å². The molecule has 2 aromatic rings. The van der Waals surface area contributed by atoms with E-state index < -0.39 is 26.6 Å². The SMILES string of the molecule is O=S(=O)(Nc1ccc(O)c(Cl)c1)c1ccc(F)cc1F. The van der Waals surface area contributed by atoms with Crippen LogP contribution in [0.5, 0.6) is 5.75 Å². The lowest BCUT2D eigenvalue weighted by molar-refractivity contribution is 0.475. The van der Waals surface area contributed by atoms with E-state index in [1.54, 1.807) is 0 Å². The van der Waals surface area contributed by atoms with Crippen LogP contribution in [0.3, 0.4) is 0 Å². The molecular weight excluding hydrogens is 312 g/mol. The molecule has 0 fully saturated rings. The van der Waals surface area contributed by atoms with E-state index in [-0.39, 0.29) is 16.5 Å². The molecule has 0 aromatic heterocycles. The number of phenols is 1. The molecule has 0 aliphatic rings. The predicted octanol–water partition coefficient (Wildman–Crippen LogP) is 3.12. The predicted molar refractivity (Wildman–Crippen MR) is 70.3 cm³/mol. The van der Waals surface area contributed by atoms with Crippen molar-refractivity contribution >= 4 is 27.3 Å². The van der Waals surface area contributed by atoms with Crippen molar-refractivity contribution in [1.29, 1.82) is 0 Å². The standard InChI is InChI=1S/C12H8ClF2NO3S/c13-9-6-8(2-3-11(9)17)16-20(18,19)12-4-1-7(14)5-10(12)15/h1-6,16-17H. The molecule has 106 valence electrons. The highest BCUT2D eigenvalue weighted by atomic mass is 35.5. The van der Waals surface area contributed by atoms with Crippen molar-refractivity contribution in [1.82, 2.24) is 0 Å². The smallest absolute Gasteiger partial charge is 0.264 e. The average Bonchev–Trinajstić information content (AvgIpc) is 2.33. The fourth-order valence-corrected chi connectivity index (χ4v) is 2.76. The van der Waals surface area contributed by atoms with Crippen LogP contribution in [0.15, 0.2) is 41.3 Å². The van der Waals surface area contributed by atoms with Crippen LogP contribution < -0.4 is 4.72 Å². The molecule has 0 saturated heterocycles. The van der Waals surface area contributed by atoms with Crippen molar-refractivity contribution < 1.29 is 22.3 Å². The summed E-state index contributed by atoms with van der Waals surface area (Å²) in [5, 5.41) is 9.16. The third kappa shape index (κ3) is 3.00. The summed E-state index contributed by atoms with van der Waals surface area (Å²) in [6.45, 7) is 0. The quantitative estimate of drug-likeness (QED) is 0.854. The van der Waals surface area contributed by atoms with Crippen LogP contribution in [0.25, 0.3) is 0 Å². The monoisotopic (exact) mass is 319 g/mol. The zero-order valence-corrected chi connectivity index (χ0v) is 11.3. The van der Waals surface area contributed by atoms with Gasteiger partial charge in [0.15, 0.2) is 0 Å². The molecule has 2 rings (SSSR count). The Morgan fingerprint density at radius 1 is 1.10 bits per heavy atom. The summed E-state index contributed by atoms with van der Waals surface area (Å²) >= 11 is 5.63. The number of anilines is 1. The van der Waals surface area contributed by atoms with E-state index >= 15 is 0 Å². The molecule has 0 unspecified atom stereocenters. The highest BCUT2D eigenvalue weighted by molar-refractivity contribution is 7.92. The third-order valence-corrected chi connectivity index (χ3v) is 4.10. The first-order chi connectivity index (χ1) is 9.29. The number of halogens is 3. The molecule has 0 aliphatic carbocycles. The summed E-state index contributed by atoms with van der Waals surface area (Å²) in [7, 11) is -4.22. The maximum Gasteiger partial charge on any atom is 0.264 e. The average molecular weight is 320 g/mol. The highest BCUT2D eigenvalue weighted by Crippen LogP contribution is 2.27. The molecule has 0 heterocycles. The lowest BCUT2D eigenvalue weighted by Crippen LogP contribution is -2.14. The number of hydrogen-bond donors (Lipinski definition) is 2. The van der Waals surface area contributed by atoms with Gasteiger partial charge in [-0.25, -0.2) is 17.2 Å². The Morgan fingerprint density at radius 2 is 1.80 bits per heavy atom. The molecule has 0 aliphatic heterocycles. The van der Waals surface area contributed by atoms with Crippen LogP contribution in [0.2, 0.25) is 5.02 Å². The molecule has 0 spiro atoms. The summed E-state index contributed by atoms with van der Waals surface area (Å²) in [5.74, 6) is -2.31. The molecule has 0 bridgehead atoms. The zero-order valence-electron chi connectivity index (χ0n) is 9.77. The van der Waals surface area contributed by atoms with Crippen LogP contribution >= 0.6 is 11.6 Å². The van der Waals surface area contributed by atoms with Gasteiger partial charge in [-0.1, -0.05) is 11.6 Å². The van der Waals surface area contributed by atoms with Crippen LogP contribution in [-0.4, -0.2) is 13.5 Å². The number of phenolic OH excluding ortho intramolecular Hbond substituents is 1. The Morgan fingerprint density at radius 3 is 2.40 bits per heavy atom. The number of benzene rings is 2. The van der Waals surface area contributed by atoms with Gasteiger partial charge in [0.2, 0.25) is 0 Å². The van der Waals surface area contributed by atoms with Crippen LogP contribution in [0, 0.1) is 11.6 Å². The van der Waals surface area contributed by atoms with Gasteiger partial charge in [-0.2, -0.15) is 0 Å². The summed E-state index contributed by atoms with van der Waals surface area (Å²) in [6.07, 6.45) is 0. The van der Waals surface area contributed by atoms with E-state index in [0.29, 0.717) is 6.07 Å². The van der Waals surface area contributed by atoms with Gasteiger partial charge in [-0.3, -0.25) is 4.72 Å². The number of rotatable bonds is 3. The van der Waals surface area contributed by atoms with E-state index in [0.717, 1.165) is 18.2 Å². The van der Waals surface area contributed by atoms with Gasteiger partial charge in [0.1, 0.15) is 22.3 Å². The first kappa shape index (κ1) is 14.5. The number of hydrogen-bond acceptors (Lipinski definition) is 3. The van der Waals surface area contributed by atoms with Gasteiger partial charge in [-0.05, 0) is 30.3 Å². The molecule has 2 N–H and O–H groups in total. The molecule has 0 atom stereocenters. The highest BCUT2D eigenvalue weighted by Gasteiger charge is 2.20. The molecule has 2 aromatic carbocycles. The Kier molecular flexibility index (Phi) is 3.82. The topological polar surface area (TPSA) is 66.4 Å². The third-order valence-electron chi connectivity index (χ3n) is 2.38. The van der Waals surface area contributed by atoms with Crippen molar-refractivity contribution in [3.8, 4) is 5.75 Å². The number of nitrogens with one attached hydrogen (secondary N) is 1. The van der Waals surface area contributed by atoms with E-state index in [9.17, 15) is 22.3 Å². The van der Waals surface area contributed by atoms with Gasteiger partial charge >= 0.3 is 0 Å². The molecule has 20 heavy (non-hydrogen) atoms. The van der Waals surface area contributed by atoms with Crippen LogP contribution in [-0.2, 0) is 10.0 Å². The summed E-state index contributed by atoms with van der Waals surface area (Å²) < 4.78 is 52.2. The Hall–Kier alpha value is -1.86. The van der Waals surface area contributed by atoms with Crippen molar-refractivity contribution in [2.75, 3.05) is 4.72 Å². The molecular formula is C12H8ClF2NO3S. The maximum absolute atomic E-state index is 13.5. The first-order valence-electron chi connectivity index (χ1n) is 5.26. The van der Waals surface area contributed by atoms with E-state index in [2.05, 4.69) is 4.72 Å². The number of sulfonamides is 1. The summed E-state index contributed by atoms with van der Waals surface area (Å²) in [6, 6.07) is 5.71. The van der Waals surface area contributed by atoms with Gasteiger partial charge in [0.05, 0.1) is 10.7 Å². The molecule has 8 heteroatoms. The van der Waals surface area contributed by atoms with Crippen molar-refractivity contribution in [2.45, 2.75) is 4.90 Å². The van der Waals surface area contributed by atoms with Gasteiger partial charge in [0.25, 0.3) is 10.0 Å². The second kappa shape index (κ2) is 5.26. The summed E-state index contributed by atoms with van der Waals surface area (Å²) in [4.78, 5) is -0.692. The second-order valence-electron chi connectivity index (χ2n) is 3.85. The van der Waals surface area contributed by atoms with Gasteiger partial charge in [-0.15, -0.1) is 0 Å². The van der Waals surface area contributed by atoms with E-state index in [1.165, 1.54) is 12.1 Å². The zero-order chi connectivity index (χ0) is 14.9. The lowest BCUT2D eigenvalue weighted by Gasteiger charge is -2.09. The molecule has 0 amide bonds. The molecule has 0 radical (unpaired) electrons. The number of aromatic hydroxyl groups is 1. The molecule has 4 nitrogen and oxygen atoms in total. The van der Waals surface area contributed by atoms with Crippen molar-refractivity contribution in [2.24, 2.45) is 0 Å². The van der Waals surface area contributed by atoms with Crippen molar-refractivity contribution in [3.63, 3.8) is 0 Å².